The van der Waals surface area contributed by atoms with Crippen molar-refractivity contribution in [3.05, 3.63) is 23.5 Å². The van der Waals surface area contributed by atoms with Crippen LogP contribution in [0.25, 0.3) is 0 Å². The zero-order chi connectivity index (χ0) is 16.9. The Hall–Kier alpha value is -1.54. The molecule has 1 aliphatic carbocycles. The summed E-state index contributed by atoms with van der Waals surface area (Å²) in [7, 11) is 0. The number of alkyl halides is 3. The number of hydrogen-bond acceptors (Lipinski definition) is 3. The van der Waals surface area contributed by atoms with Crippen molar-refractivity contribution in [2.75, 3.05) is 13.1 Å². The summed E-state index contributed by atoms with van der Waals surface area (Å²) in [5, 5.41) is 8.76. The second-order valence-corrected chi connectivity index (χ2v) is 6.54. The standard InChI is InChI=1S/C15H20F3N3O2/c1-8-12(13(8)14(22)19-23)10-5-11-9(2)21(7-15(16,17)18)4-3-20(11)6-10/h5-6,8-9,12-13,23H,3-4,7H2,1-2H3,(H,19,22). The topological polar surface area (TPSA) is 57.5 Å². The van der Waals surface area contributed by atoms with E-state index in [4.69, 9.17) is 5.21 Å². The Morgan fingerprint density at radius 3 is 2.70 bits per heavy atom. The Labute approximate surface area is 132 Å². The number of nitrogens with zero attached hydrogens (tertiary/aromatic N) is 2. The van der Waals surface area contributed by atoms with Crippen molar-refractivity contribution in [3.8, 4) is 0 Å². The molecule has 1 aromatic heterocycles. The number of rotatable bonds is 3. The fourth-order valence-electron chi connectivity index (χ4n) is 3.80. The van der Waals surface area contributed by atoms with E-state index in [1.165, 1.54) is 4.90 Å². The summed E-state index contributed by atoms with van der Waals surface area (Å²) in [5.41, 5.74) is 3.49. The molecule has 4 unspecified atom stereocenters. The van der Waals surface area contributed by atoms with Gasteiger partial charge in [-0.3, -0.25) is 14.9 Å². The fourth-order valence-corrected chi connectivity index (χ4v) is 3.80. The maximum absolute atomic E-state index is 12.6. The van der Waals surface area contributed by atoms with Gasteiger partial charge in [0.25, 0.3) is 0 Å². The van der Waals surface area contributed by atoms with Crippen molar-refractivity contribution in [2.24, 2.45) is 11.8 Å². The number of nitrogens with one attached hydrogen (secondary N) is 1. The number of carbonyl (C=O) groups is 1. The van der Waals surface area contributed by atoms with Gasteiger partial charge in [0.15, 0.2) is 0 Å². The lowest BCUT2D eigenvalue weighted by Gasteiger charge is -2.35. The van der Waals surface area contributed by atoms with Crippen LogP contribution in [-0.4, -0.2) is 39.8 Å². The Morgan fingerprint density at radius 2 is 2.09 bits per heavy atom. The molecular formula is C15H20F3N3O2. The van der Waals surface area contributed by atoms with E-state index >= 15 is 0 Å². The minimum Gasteiger partial charge on any atom is -0.348 e. The SMILES string of the molecule is CC1C(C(=O)NO)C1c1cc2n(c1)CCN(CC(F)(F)F)C2C. The zero-order valence-corrected chi connectivity index (χ0v) is 13.0. The predicted octanol–water partition coefficient (Wildman–Crippen LogP) is 2.28. The first-order chi connectivity index (χ1) is 10.7. The van der Waals surface area contributed by atoms with E-state index in [9.17, 15) is 18.0 Å². The van der Waals surface area contributed by atoms with E-state index in [1.807, 2.05) is 23.8 Å². The molecule has 1 amide bonds. The van der Waals surface area contributed by atoms with Crippen molar-refractivity contribution in [1.82, 2.24) is 14.9 Å². The molecule has 1 saturated carbocycles. The number of halogens is 3. The molecular weight excluding hydrogens is 311 g/mol. The van der Waals surface area contributed by atoms with Crippen LogP contribution in [0.15, 0.2) is 12.3 Å². The average molecular weight is 331 g/mol. The minimum atomic E-state index is -4.21. The summed E-state index contributed by atoms with van der Waals surface area (Å²) in [6, 6.07) is 1.58. The van der Waals surface area contributed by atoms with Gasteiger partial charge < -0.3 is 4.57 Å². The Bertz CT molecular complexity index is 614. The van der Waals surface area contributed by atoms with Crippen molar-refractivity contribution >= 4 is 5.91 Å². The van der Waals surface area contributed by atoms with Gasteiger partial charge in [0.1, 0.15) is 0 Å². The summed E-state index contributed by atoms with van der Waals surface area (Å²) in [6.07, 6.45) is -2.27. The normalized spacial score (nSPS) is 30.9. The molecule has 0 spiro atoms. The molecule has 2 N–H and O–H groups in total. The summed E-state index contributed by atoms with van der Waals surface area (Å²) in [5.74, 6) is -0.541. The second kappa shape index (κ2) is 5.52. The van der Waals surface area contributed by atoms with Crippen LogP contribution in [-0.2, 0) is 11.3 Å². The number of hydrogen-bond donors (Lipinski definition) is 2. The first kappa shape index (κ1) is 16.3. The van der Waals surface area contributed by atoms with Gasteiger partial charge in [0.2, 0.25) is 5.91 Å². The third-order valence-corrected chi connectivity index (χ3v) is 5.11. The second-order valence-electron chi connectivity index (χ2n) is 6.54. The molecule has 128 valence electrons. The molecule has 0 bridgehead atoms. The Kier molecular flexibility index (Phi) is 3.92. The van der Waals surface area contributed by atoms with Gasteiger partial charge in [-0.25, -0.2) is 5.48 Å². The van der Waals surface area contributed by atoms with Crippen LogP contribution in [0.5, 0.6) is 0 Å². The molecule has 0 radical (unpaired) electrons. The maximum atomic E-state index is 12.6. The lowest BCUT2D eigenvalue weighted by Crippen LogP contribution is -2.41. The minimum absolute atomic E-state index is 0.0171. The molecule has 1 aromatic rings. The molecule has 3 rings (SSSR count). The van der Waals surface area contributed by atoms with Crippen molar-refractivity contribution < 1.29 is 23.2 Å². The van der Waals surface area contributed by atoms with Crippen molar-refractivity contribution in [2.45, 2.75) is 38.5 Å². The van der Waals surface area contributed by atoms with Crippen LogP contribution < -0.4 is 5.48 Å². The molecule has 0 aromatic carbocycles. The molecule has 0 saturated heterocycles. The number of hydroxylamine groups is 1. The van der Waals surface area contributed by atoms with Gasteiger partial charge in [-0.2, -0.15) is 13.2 Å². The highest BCUT2D eigenvalue weighted by Crippen LogP contribution is 2.54. The highest BCUT2D eigenvalue weighted by molar-refractivity contribution is 5.82. The molecule has 1 aliphatic heterocycles. The largest absolute Gasteiger partial charge is 0.401 e. The first-order valence-electron chi connectivity index (χ1n) is 7.67. The highest BCUT2D eigenvalue weighted by atomic mass is 19.4. The van der Waals surface area contributed by atoms with Gasteiger partial charge in [-0.05, 0) is 24.5 Å². The van der Waals surface area contributed by atoms with Gasteiger partial charge in [0.05, 0.1) is 12.5 Å². The number of aromatic nitrogens is 1. The molecule has 4 atom stereocenters. The Balaban J connectivity index is 1.78. The molecule has 1 fully saturated rings. The number of amides is 1. The lowest BCUT2D eigenvalue weighted by molar-refractivity contribution is -0.152. The lowest BCUT2D eigenvalue weighted by atomic mass is 10.1. The monoisotopic (exact) mass is 331 g/mol. The summed E-state index contributed by atoms with van der Waals surface area (Å²) in [6.45, 7) is 3.65. The average Bonchev–Trinajstić information content (AvgIpc) is 2.94. The van der Waals surface area contributed by atoms with Gasteiger partial charge in [0, 0.05) is 36.9 Å². The van der Waals surface area contributed by atoms with Crippen LogP contribution >= 0.6 is 0 Å². The quantitative estimate of drug-likeness (QED) is 0.660. The third kappa shape index (κ3) is 2.97. The van der Waals surface area contributed by atoms with E-state index < -0.39 is 18.6 Å². The summed E-state index contributed by atoms with van der Waals surface area (Å²) in [4.78, 5) is 13.0. The first-order valence-corrected chi connectivity index (χ1v) is 7.67. The van der Waals surface area contributed by atoms with Crippen molar-refractivity contribution in [3.63, 3.8) is 0 Å². The van der Waals surface area contributed by atoms with Crippen LogP contribution in [0.2, 0.25) is 0 Å². The smallest absolute Gasteiger partial charge is 0.348 e. The Morgan fingerprint density at radius 1 is 1.39 bits per heavy atom. The van der Waals surface area contributed by atoms with E-state index in [2.05, 4.69) is 0 Å². The summed E-state index contributed by atoms with van der Waals surface area (Å²) >= 11 is 0. The molecule has 2 heterocycles. The molecule has 8 heteroatoms. The molecule has 23 heavy (non-hydrogen) atoms. The zero-order valence-electron chi connectivity index (χ0n) is 13.0. The summed E-state index contributed by atoms with van der Waals surface area (Å²) < 4.78 is 39.9. The van der Waals surface area contributed by atoms with E-state index in [0.29, 0.717) is 13.1 Å². The van der Waals surface area contributed by atoms with E-state index in [1.54, 1.807) is 12.4 Å². The number of fused-ring (bicyclic) bond motifs is 1. The number of carbonyl (C=O) groups excluding carboxylic acids is 1. The van der Waals surface area contributed by atoms with Crippen LogP contribution in [0.3, 0.4) is 0 Å². The molecule has 5 nitrogen and oxygen atoms in total. The maximum Gasteiger partial charge on any atom is 0.401 e. The fraction of sp³-hybridized carbons (Fsp3) is 0.667. The highest BCUT2D eigenvalue weighted by Gasteiger charge is 2.53. The van der Waals surface area contributed by atoms with Gasteiger partial charge >= 0.3 is 6.18 Å². The van der Waals surface area contributed by atoms with E-state index in [0.717, 1.165) is 11.3 Å². The molecule has 2 aliphatic rings. The van der Waals surface area contributed by atoms with Gasteiger partial charge in [-0.1, -0.05) is 6.92 Å². The van der Waals surface area contributed by atoms with Crippen molar-refractivity contribution in [1.29, 1.82) is 0 Å². The van der Waals surface area contributed by atoms with E-state index in [-0.39, 0.29) is 23.8 Å². The van der Waals surface area contributed by atoms with Crippen LogP contribution in [0.4, 0.5) is 13.2 Å². The van der Waals surface area contributed by atoms with Crippen LogP contribution in [0.1, 0.15) is 37.1 Å². The predicted molar refractivity (Wildman–Crippen MR) is 75.8 cm³/mol. The van der Waals surface area contributed by atoms with Gasteiger partial charge in [-0.15, -0.1) is 0 Å². The van der Waals surface area contributed by atoms with Crippen LogP contribution in [0, 0.1) is 11.8 Å². The third-order valence-electron chi connectivity index (χ3n) is 5.11.